The van der Waals surface area contributed by atoms with Crippen LogP contribution in [-0.4, -0.2) is 251 Å². The predicted molar refractivity (Wildman–Crippen MR) is 178 cm³/mol. The third-order valence-electron chi connectivity index (χ3n) is 10.4. The lowest BCUT2D eigenvalue weighted by molar-refractivity contribution is -0.370. The minimum absolute atomic E-state index is 0.449. The Morgan fingerprint density at radius 1 is 0.559 bits per heavy atom. The number of esters is 2. The molecule has 5 rings (SSSR count). The first-order valence-corrected chi connectivity index (χ1v) is 18.6. The topological polar surface area (TPSA) is 410 Å². The summed E-state index contributed by atoms with van der Waals surface area (Å²) in [5, 5.41) is 145. The second-order valence-corrected chi connectivity index (χ2v) is 15.3. The van der Waals surface area contributed by atoms with E-state index in [1.807, 2.05) is 0 Å². The number of carbonyl (C=O) groups is 2. The first-order chi connectivity index (χ1) is 27.6. The highest BCUT2D eigenvalue weighted by atomic mass is 16.8. The van der Waals surface area contributed by atoms with Gasteiger partial charge in [0, 0.05) is 0 Å². The molecule has 5 fully saturated rings. The molecule has 5 heterocycles. The maximum atomic E-state index is 13.3. The van der Waals surface area contributed by atoms with Gasteiger partial charge in [0.15, 0.2) is 43.7 Å². The van der Waals surface area contributed by atoms with Gasteiger partial charge >= 0.3 is 11.9 Å². The molecule has 0 spiro atoms. The summed E-state index contributed by atoms with van der Waals surface area (Å²) in [6.45, 7) is -0.000393. The normalized spacial score (nSPS) is 48.1. The Hall–Kier alpha value is -1.94. The van der Waals surface area contributed by atoms with Crippen LogP contribution in [0.4, 0.5) is 0 Å². The quantitative estimate of drug-likeness (QED) is 0.0764. The predicted octanol–water partition coefficient (Wildman–Crippen LogP) is -9.38. The molecule has 59 heavy (non-hydrogen) atoms. The maximum absolute atomic E-state index is 13.3. The average Bonchev–Trinajstić information content (AvgIpc) is 3.16. The van der Waals surface area contributed by atoms with Gasteiger partial charge in [-0.1, -0.05) is 0 Å². The molecule has 5 saturated heterocycles. The number of hydrogen-bond acceptors (Lipinski definition) is 26. The molecule has 0 aliphatic carbocycles. The van der Waals surface area contributed by atoms with E-state index in [1.54, 1.807) is 0 Å². The maximum Gasteiger partial charge on any atom is 0.309 e. The van der Waals surface area contributed by atoms with Gasteiger partial charge in [0.1, 0.15) is 85.5 Å². The van der Waals surface area contributed by atoms with Crippen LogP contribution < -0.4 is 0 Å². The van der Waals surface area contributed by atoms with Crippen molar-refractivity contribution in [2.75, 3.05) is 26.4 Å². The molecule has 26 nitrogen and oxygen atoms in total. The highest BCUT2D eigenvalue weighted by Gasteiger charge is 2.53. The van der Waals surface area contributed by atoms with Crippen LogP contribution >= 0.6 is 0 Å². The molecule has 5 aliphatic rings. The Morgan fingerprint density at radius 3 is 1.73 bits per heavy atom. The molecular formula is C33H54O26. The van der Waals surface area contributed by atoms with Gasteiger partial charge in [-0.05, 0) is 13.8 Å². The number of hydrogen-bond donors (Lipinski definition) is 14. The van der Waals surface area contributed by atoms with E-state index < -0.39 is 192 Å². The van der Waals surface area contributed by atoms with E-state index in [2.05, 4.69) is 0 Å². The largest absolute Gasteiger partial charge is 0.457 e. The molecule has 0 aromatic rings. The van der Waals surface area contributed by atoms with E-state index in [4.69, 9.17) is 47.4 Å². The summed E-state index contributed by atoms with van der Waals surface area (Å²) in [4.78, 5) is 26.1. The minimum atomic E-state index is -2.23. The highest BCUT2D eigenvalue weighted by Crippen LogP contribution is 2.33. The van der Waals surface area contributed by atoms with E-state index in [0.717, 1.165) is 6.92 Å². The molecule has 1 unspecified atom stereocenters. The van der Waals surface area contributed by atoms with E-state index in [0.29, 0.717) is 0 Å². The second-order valence-electron chi connectivity index (χ2n) is 15.3. The Kier molecular flexibility index (Phi) is 16.3. The van der Waals surface area contributed by atoms with Crippen molar-refractivity contribution in [2.24, 2.45) is 0 Å². The first-order valence-electron chi connectivity index (χ1n) is 18.6. The fourth-order valence-corrected chi connectivity index (χ4v) is 7.01. The fourth-order valence-electron chi connectivity index (χ4n) is 7.01. The average molecular weight is 867 g/mol. The molecule has 0 bridgehead atoms. The molecule has 0 radical (unpaired) electrons. The van der Waals surface area contributed by atoms with Crippen LogP contribution in [0.25, 0.3) is 0 Å². The van der Waals surface area contributed by atoms with Crippen molar-refractivity contribution in [2.45, 2.75) is 168 Å². The van der Waals surface area contributed by atoms with Crippen LogP contribution in [0.3, 0.4) is 0 Å². The lowest BCUT2D eigenvalue weighted by Gasteiger charge is -2.47. The summed E-state index contributed by atoms with van der Waals surface area (Å²) in [5.74, 6) is -2.43. The van der Waals surface area contributed by atoms with Crippen LogP contribution in [0.2, 0.25) is 0 Å². The lowest BCUT2D eigenvalue weighted by atomic mass is 9.96. The van der Waals surface area contributed by atoms with E-state index in [-0.39, 0.29) is 0 Å². The molecule has 14 N–H and O–H groups in total. The van der Waals surface area contributed by atoms with E-state index in [1.165, 1.54) is 6.92 Å². The van der Waals surface area contributed by atoms with Gasteiger partial charge in [-0.2, -0.15) is 0 Å². The van der Waals surface area contributed by atoms with Crippen molar-refractivity contribution in [3.63, 3.8) is 0 Å². The molecule has 23 atom stereocenters. The molecule has 0 saturated carbocycles. The van der Waals surface area contributed by atoms with Crippen molar-refractivity contribution in [3.8, 4) is 0 Å². The van der Waals surface area contributed by atoms with E-state index >= 15 is 0 Å². The van der Waals surface area contributed by atoms with Gasteiger partial charge in [-0.15, -0.1) is 0 Å². The molecule has 26 heteroatoms. The zero-order valence-corrected chi connectivity index (χ0v) is 31.6. The molecule has 342 valence electrons. The second kappa shape index (κ2) is 20.1. The first kappa shape index (κ1) is 48.1. The van der Waals surface area contributed by atoms with Gasteiger partial charge < -0.3 is 119 Å². The van der Waals surface area contributed by atoms with Gasteiger partial charge in [-0.3, -0.25) is 9.59 Å². The monoisotopic (exact) mass is 866 g/mol. The zero-order valence-electron chi connectivity index (χ0n) is 31.6. The van der Waals surface area contributed by atoms with Crippen molar-refractivity contribution < 1.29 is 128 Å². The summed E-state index contributed by atoms with van der Waals surface area (Å²) in [6.07, 6.45) is -39.6. The molecule has 0 amide bonds. The molecule has 0 aromatic carbocycles. The Balaban J connectivity index is 1.18. The summed E-state index contributed by atoms with van der Waals surface area (Å²) in [6, 6.07) is 0. The van der Waals surface area contributed by atoms with Gasteiger partial charge in [0.25, 0.3) is 0 Å². The van der Waals surface area contributed by atoms with Crippen LogP contribution in [0.15, 0.2) is 0 Å². The van der Waals surface area contributed by atoms with Crippen molar-refractivity contribution in [1.82, 2.24) is 0 Å². The Bertz CT molecular complexity index is 1380. The van der Waals surface area contributed by atoms with Crippen LogP contribution in [0.1, 0.15) is 26.7 Å². The number of aliphatic hydroxyl groups is 14. The van der Waals surface area contributed by atoms with Crippen molar-refractivity contribution >= 4 is 11.9 Å². The van der Waals surface area contributed by atoms with Crippen LogP contribution in [0.5, 0.6) is 0 Å². The van der Waals surface area contributed by atoms with Crippen molar-refractivity contribution in [3.05, 3.63) is 0 Å². The SMILES string of the molecule is C[C@@H]1O[C@@H](O[C@@H]2[C@@H](O)[C@@H](O)CO[C@H]2O)[C@H](O)[C@H](O[C@@H]2OC[C@@H](O)[C@H](O)[C@H]2O)[C@H]1OC(=O)CC(C)(O)CC(=O)O[C@H]1CO[C@@H](O[C@@H]2[C@@H](O)[C@H](O)[C@@H](CO)O[C@H]2O)[C@H](O)[C@H]1O. The van der Waals surface area contributed by atoms with Gasteiger partial charge in [0.05, 0.1) is 51.0 Å². The summed E-state index contributed by atoms with van der Waals surface area (Å²) < 4.78 is 53.5. The third-order valence-corrected chi connectivity index (χ3v) is 10.4. The highest BCUT2D eigenvalue weighted by molar-refractivity contribution is 5.75. The third kappa shape index (κ3) is 11.2. The minimum Gasteiger partial charge on any atom is -0.457 e. The Labute approximate surface area is 334 Å². The van der Waals surface area contributed by atoms with E-state index in [9.17, 15) is 81.1 Å². The smallest absolute Gasteiger partial charge is 0.309 e. The number of carbonyl (C=O) groups excluding carboxylic acids is 2. The van der Waals surface area contributed by atoms with Gasteiger partial charge in [-0.25, -0.2) is 0 Å². The summed E-state index contributed by atoms with van der Waals surface area (Å²) >= 11 is 0. The molecule has 0 aromatic heterocycles. The molecular weight excluding hydrogens is 812 g/mol. The fraction of sp³-hybridized carbons (Fsp3) is 0.939. The Morgan fingerprint density at radius 2 is 1.08 bits per heavy atom. The van der Waals surface area contributed by atoms with Crippen LogP contribution in [-0.2, 0) is 57.0 Å². The van der Waals surface area contributed by atoms with Crippen molar-refractivity contribution in [1.29, 1.82) is 0 Å². The standard InChI is InChI=1S/C33H54O26/c1-9-24(25(57-30-21(44)16(39)10(35)7-51-30)23(46)32(53-9)59-26-17(40)11(36)6-50-28(26)47)56-15(38)4-33(2,49)3-14(37)54-13-8-52-31(22(45)19(13)42)58-27-20(43)18(41)12(5-34)55-29(27)48/h9-13,16-32,34-36,39-49H,3-8H2,1-2H3/t9-,10+,11-,12+,13-,16-,17-,18+,19-,20-,21+,22+,23+,24-,25-,26+,27+,28+,29+,30-,31-,32-,33?/m0/s1. The molecule has 5 aliphatic heterocycles. The van der Waals surface area contributed by atoms with Gasteiger partial charge in [0.2, 0.25) is 0 Å². The van der Waals surface area contributed by atoms with Crippen LogP contribution in [0, 0.1) is 0 Å². The number of ether oxygens (including phenoxy) is 10. The number of rotatable bonds is 13. The number of aliphatic hydroxyl groups excluding tert-OH is 13. The lowest BCUT2D eigenvalue weighted by Crippen LogP contribution is -2.65. The summed E-state index contributed by atoms with van der Waals surface area (Å²) in [5.41, 5.74) is -2.23. The zero-order chi connectivity index (χ0) is 43.7. The summed E-state index contributed by atoms with van der Waals surface area (Å²) in [7, 11) is 0.